The van der Waals surface area contributed by atoms with Crippen molar-refractivity contribution in [1.29, 1.82) is 0 Å². The van der Waals surface area contributed by atoms with Crippen molar-refractivity contribution in [3.63, 3.8) is 0 Å². The highest BCUT2D eigenvalue weighted by molar-refractivity contribution is 8.04. The van der Waals surface area contributed by atoms with Gasteiger partial charge in [-0.3, -0.25) is 9.59 Å². The van der Waals surface area contributed by atoms with E-state index in [1.54, 1.807) is 6.08 Å². The molecule has 0 aromatic heterocycles. The molecule has 1 unspecified atom stereocenters. The van der Waals surface area contributed by atoms with Crippen LogP contribution in [0.15, 0.2) is 11.0 Å². The lowest BCUT2D eigenvalue weighted by molar-refractivity contribution is -0.121. The molecule has 1 atom stereocenters. The zero-order chi connectivity index (χ0) is 9.84. The third-order valence-electron chi connectivity index (χ3n) is 1.52. The number of ketones is 1. The molecule has 1 rings (SSSR count). The van der Waals surface area contributed by atoms with Crippen molar-refractivity contribution in [3.8, 4) is 0 Å². The van der Waals surface area contributed by atoms with Crippen LogP contribution in [0, 0.1) is 0 Å². The van der Waals surface area contributed by atoms with Gasteiger partial charge in [0.2, 0.25) is 0 Å². The van der Waals surface area contributed by atoms with Crippen LogP contribution in [0.25, 0.3) is 0 Å². The molecule has 3 N–H and O–H groups in total. The fourth-order valence-corrected chi connectivity index (χ4v) is 1.85. The first-order chi connectivity index (χ1) is 6.09. The minimum atomic E-state index is -0.201. The van der Waals surface area contributed by atoms with Gasteiger partial charge in [0.05, 0.1) is 11.4 Å². The molecule has 0 bridgehead atoms. The number of nitrogens with two attached hydrogens (primary N) is 1. The highest BCUT2D eigenvalue weighted by Gasteiger charge is 2.18. The fraction of sp³-hybridized carbons (Fsp3) is 0.500. The average Bonchev–Trinajstić information content (AvgIpc) is 2.47. The van der Waals surface area contributed by atoms with Crippen LogP contribution in [0.1, 0.15) is 6.92 Å². The summed E-state index contributed by atoms with van der Waals surface area (Å²) in [6, 6.07) is -0.0388. The monoisotopic (exact) mass is 200 g/mol. The van der Waals surface area contributed by atoms with E-state index in [2.05, 4.69) is 5.32 Å². The van der Waals surface area contributed by atoms with Gasteiger partial charge in [-0.15, -0.1) is 11.8 Å². The van der Waals surface area contributed by atoms with Gasteiger partial charge in [-0.25, -0.2) is 0 Å². The summed E-state index contributed by atoms with van der Waals surface area (Å²) >= 11 is 1.42. The molecule has 72 valence electrons. The molecular weight excluding hydrogens is 188 g/mol. The Morgan fingerprint density at radius 3 is 2.92 bits per heavy atom. The maximum absolute atomic E-state index is 11.3. The van der Waals surface area contributed by atoms with E-state index in [9.17, 15) is 9.59 Å². The molecule has 0 spiro atoms. The van der Waals surface area contributed by atoms with Crippen molar-refractivity contribution in [2.75, 3.05) is 12.3 Å². The van der Waals surface area contributed by atoms with Crippen LogP contribution in [0.5, 0.6) is 0 Å². The first kappa shape index (κ1) is 10.3. The van der Waals surface area contributed by atoms with Crippen molar-refractivity contribution >= 4 is 23.5 Å². The zero-order valence-electron chi connectivity index (χ0n) is 7.37. The summed E-state index contributed by atoms with van der Waals surface area (Å²) in [5, 5.41) is 2.51. The van der Waals surface area contributed by atoms with Gasteiger partial charge in [0.15, 0.2) is 0 Å². The Bertz CT molecular complexity index is 263. The Balaban J connectivity index is 2.40. The first-order valence-electron chi connectivity index (χ1n) is 3.97. The smallest absolute Gasteiger partial charge is 0.257 e. The Labute approximate surface area is 80.9 Å². The van der Waals surface area contributed by atoms with Crippen molar-refractivity contribution in [2.24, 2.45) is 5.73 Å². The largest absolute Gasteiger partial charge is 0.345 e. The van der Waals surface area contributed by atoms with Crippen LogP contribution in [0.2, 0.25) is 0 Å². The molecule has 0 fully saturated rings. The minimum absolute atomic E-state index is 0.0388. The van der Waals surface area contributed by atoms with E-state index in [4.69, 9.17) is 5.73 Å². The fourth-order valence-electron chi connectivity index (χ4n) is 0.910. The SMILES string of the molecule is CC(=O)CNC(=O)C1=CC(N)CS1. The van der Waals surface area contributed by atoms with Gasteiger partial charge in [-0.05, 0) is 13.0 Å². The number of nitrogens with one attached hydrogen (secondary N) is 1. The number of thioether (sulfide) groups is 1. The van der Waals surface area contributed by atoms with E-state index in [1.165, 1.54) is 18.7 Å². The summed E-state index contributed by atoms with van der Waals surface area (Å²) in [4.78, 5) is 22.5. The van der Waals surface area contributed by atoms with Crippen molar-refractivity contribution in [2.45, 2.75) is 13.0 Å². The van der Waals surface area contributed by atoms with Gasteiger partial charge in [0.25, 0.3) is 5.91 Å². The van der Waals surface area contributed by atoms with E-state index in [0.717, 1.165) is 5.75 Å². The summed E-state index contributed by atoms with van der Waals surface area (Å²) in [6.07, 6.45) is 1.72. The third-order valence-corrected chi connectivity index (χ3v) is 2.70. The maximum atomic E-state index is 11.3. The van der Waals surface area contributed by atoms with E-state index in [-0.39, 0.29) is 24.3 Å². The summed E-state index contributed by atoms with van der Waals surface area (Å²) in [7, 11) is 0. The second-order valence-corrected chi connectivity index (χ2v) is 3.95. The predicted octanol–water partition coefficient (Wildman–Crippen LogP) is -0.350. The second-order valence-electron chi connectivity index (χ2n) is 2.89. The lowest BCUT2D eigenvalue weighted by Crippen LogP contribution is -2.28. The van der Waals surface area contributed by atoms with E-state index >= 15 is 0 Å². The Kier molecular flexibility index (Phi) is 3.50. The summed E-state index contributed by atoms with van der Waals surface area (Å²) in [5.41, 5.74) is 5.57. The molecule has 1 amide bonds. The lowest BCUT2D eigenvalue weighted by atomic mass is 10.3. The Morgan fingerprint density at radius 2 is 2.46 bits per heavy atom. The number of rotatable bonds is 3. The maximum Gasteiger partial charge on any atom is 0.257 e. The van der Waals surface area contributed by atoms with Gasteiger partial charge in [0, 0.05) is 11.8 Å². The van der Waals surface area contributed by atoms with Gasteiger partial charge in [-0.1, -0.05) is 0 Å². The molecule has 1 heterocycles. The standard InChI is InChI=1S/C8H12N2O2S/c1-5(11)3-10-8(12)7-2-6(9)4-13-7/h2,6H,3-4,9H2,1H3,(H,10,12). The van der Waals surface area contributed by atoms with Crippen LogP contribution >= 0.6 is 11.8 Å². The van der Waals surface area contributed by atoms with Crippen LogP contribution in [0.4, 0.5) is 0 Å². The molecule has 0 radical (unpaired) electrons. The molecule has 1 aliphatic heterocycles. The second kappa shape index (κ2) is 4.43. The number of Topliss-reactive ketones (excluding diaryl/α,β-unsaturated/α-hetero) is 1. The van der Waals surface area contributed by atoms with Gasteiger partial charge in [0.1, 0.15) is 5.78 Å². The Morgan fingerprint density at radius 1 is 1.77 bits per heavy atom. The van der Waals surface area contributed by atoms with Crippen LogP contribution in [0.3, 0.4) is 0 Å². The number of hydrogen-bond acceptors (Lipinski definition) is 4. The van der Waals surface area contributed by atoms with Gasteiger partial charge < -0.3 is 11.1 Å². The quantitative estimate of drug-likeness (QED) is 0.653. The zero-order valence-corrected chi connectivity index (χ0v) is 8.19. The first-order valence-corrected chi connectivity index (χ1v) is 4.96. The number of carbonyl (C=O) groups excluding carboxylic acids is 2. The number of amides is 1. The average molecular weight is 200 g/mol. The molecule has 13 heavy (non-hydrogen) atoms. The van der Waals surface area contributed by atoms with Crippen molar-refractivity contribution < 1.29 is 9.59 Å². The molecule has 0 saturated carbocycles. The molecule has 4 nitrogen and oxygen atoms in total. The predicted molar refractivity (Wildman–Crippen MR) is 52.2 cm³/mol. The normalized spacial score (nSPS) is 21.1. The molecule has 5 heteroatoms. The van der Waals surface area contributed by atoms with E-state index < -0.39 is 0 Å². The molecule has 0 aromatic rings. The van der Waals surface area contributed by atoms with Gasteiger partial charge >= 0.3 is 0 Å². The van der Waals surface area contributed by atoms with Crippen LogP contribution in [-0.4, -0.2) is 30.0 Å². The van der Waals surface area contributed by atoms with Crippen LogP contribution in [-0.2, 0) is 9.59 Å². The number of hydrogen-bond donors (Lipinski definition) is 2. The highest BCUT2D eigenvalue weighted by atomic mass is 32.2. The molecule has 0 aliphatic carbocycles. The highest BCUT2D eigenvalue weighted by Crippen LogP contribution is 2.23. The van der Waals surface area contributed by atoms with Gasteiger partial charge in [-0.2, -0.15) is 0 Å². The summed E-state index contributed by atoms with van der Waals surface area (Å²) in [5.74, 6) is 0.484. The molecular formula is C8H12N2O2S. The van der Waals surface area contributed by atoms with Crippen molar-refractivity contribution in [3.05, 3.63) is 11.0 Å². The topological polar surface area (TPSA) is 72.2 Å². The molecule has 1 aliphatic rings. The number of carbonyl (C=O) groups is 2. The lowest BCUT2D eigenvalue weighted by Gasteiger charge is -2.01. The van der Waals surface area contributed by atoms with E-state index in [1.807, 2.05) is 0 Å². The summed E-state index contributed by atoms with van der Waals surface area (Å²) < 4.78 is 0. The molecule has 0 aromatic carbocycles. The molecule has 0 saturated heterocycles. The van der Waals surface area contributed by atoms with E-state index in [0.29, 0.717) is 4.91 Å². The van der Waals surface area contributed by atoms with Crippen molar-refractivity contribution in [1.82, 2.24) is 5.32 Å². The minimum Gasteiger partial charge on any atom is -0.345 e. The summed E-state index contributed by atoms with van der Waals surface area (Å²) in [6.45, 7) is 1.52. The van der Waals surface area contributed by atoms with Crippen LogP contribution < -0.4 is 11.1 Å². The third kappa shape index (κ3) is 3.20. The Hall–Kier alpha value is -0.810.